The summed E-state index contributed by atoms with van der Waals surface area (Å²) in [7, 11) is 0. The van der Waals surface area contributed by atoms with Gasteiger partial charge in [0.05, 0.1) is 0 Å². The number of hydrogen-bond donors (Lipinski definition) is 4. The van der Waals surface area contributed by atoms with Gasteiger partial charge in [0.25, 0.3) is 0 Å². The lowest BCUT2D eigenvalue weighted by atomic mass is 10.2. The first-order chi connectivity index (χ1) is 13.1. The summed E-state index contributed by atoms with van der Waals surface area (Å²) in [5, 5.41) is 7.03. The molecular weight excluding hydrogens is 338 g/mol. The molecule has 0 atom stereocenters. The highest BCUT2D eigenvalue weighted by molar-refractivity contribution is 4.67. The third-order valence-corrected chi connectivity index (χ3v) is 4.83. The molecule has 0 fully saturated rings. The molecular formula is C20H49N7. The fraction of sp³-hybridized carbons (Fsp3) is 1.00. The molecule has 0 aromatic carbocycles. The van der Waals surface area contributed by atoms with Gasteiger partial charge in [-0.05, 0) is 19.0 Å². The predicted octanol–water partition coefficient (Wildman–Crippen LogP) is -0.315. The van der Waals surface area contributed by atoms with Crippen molar-refractivity contribution in [1.82, 2.24) is 25.3 Å². The molecule has 0 rings (SSSR count). The Kier molecular flexibility index (Phi) is 18.9. The fourth-order valence-electron chi connectivity index (χ4n) is 3.19. The minimum Gasteiger partial charge on any atom is -0.329 e. The van der Waals surface area contributed by atoms with Gasteiger partial charge in [-0.15, -0.1) is 0 Å². The predicted molar refractivity (Wildman–Crippen MR) is 119 cm³/mol. The normalized spacial score (nSPS) is 12.2. The molecule has 0 aromatic rings. The summed E-state index contributed by atoms with van der Waals surface area (Å²) < 4.78 is 0. The van der Waals surface area contributed by atoms with Crippen LogP contribution in [0.1, 0.15) is 27.7 Å². The molecule has 0 amide bonds. The molecule has 0 radical (unpaired) electrons. The molecule has 0 aromatic heterocycles. The van der Waals surface area contributed by atoms with E-state index in [2.05, 4.69) is 53.0 Å². The quantitative estimate of drug-likeness (QED) is 0.213. The van der Waals surface area contributed by atoms with Crippen LogP contribution < -0.4 is 22.1 Å². The van der Waals surface area contributed by atoms with E-state index in [1.54, 1.807) is 0 Å². The molecule has 0 aliphatic carbocycles. The fourth-order valence-corrected chi connectivity index (χ4v) is 3.19. The topological polar surface area (TPSA) is 85.8 Å². The summed E-state index contributed by atoms with van der Waals surface area (Å²) in [5.41, 5.74) is 11.3. The van der Waals surface area contributed by atoms with Crippen molar-refractivity contribution in [3.05, 3.63) is 0 Å². The van der Waals surface area contributed by atoms with Gasteiger partial charge in [0.1, 0.15) is 0 Å². The van der Waals surface area contributed by atoms with Gasteiger partial charge < -0.3 is 31.9 Å². The zero-order valence-corrected chi connectivity index (χ0v) is 18.7. The lowest BCUT2D eigenvalue weighted by Gasteiger charge is -2.27. The maximum absolute atomic E-state index is 5.71. The second-order valence-corrected chi connectivity index (χ2v) is 7.64. The van der Waals surface area contributed by atoms with Crippen molar-refractivity contribution in [2.45, 2.75) is 27.7 Å². The third-order valence-electron chi connectivity index (χ3n) is 4.83. The van der Waals surface area contributed by atoms with Crippen LogP contribution in [0.15, 0.2) is 0 Å². The molecule has 0 heterocycles. The molecule has 0 spiro atoms. The Morgan fingerprint density at radius 3 is 1.63 bits per heavy atom. The monoisotopic (exact) mass is 387 g/mol. The summed E-state index contributed by atoms with van der Waals surface area (Å²) in [6.07, 6.45) is 0. The number of nitrogens with two attached hydrogens (primary N) is 2. The van der Waals surface area contributed by atoms with E-state index in [1.807, 2.05) is 0 Å². The summed E-state index contributed by atoms with van der Waals surface area (Å²) in [5.74, 6) is 0.733. The molecule has 0 aliphatic heterocycles. The Morgan fingerprint density at radius 2 is 1.15 bits per heavy atom. The zero-order valence-electron chi connectivity index (χ0n) is 18.7. The Balaban J connectivity index is 4.13. The van der Waals surface area contributed by atoms with Crippen LogP contribution in [0, 0.1) is 5.92 Å². The SMILES string of the molecule is CCN(CCN)CCN(CCNCCN)CCNCCN(CC)CC(C)C. The van der Waals surface area contributed by atoms with E-state index in [0.717, 1.165) is 91.0 Å². The van der Waals surface area contributed by atoms with E-state index in [0.29, 0.717) is 6.54 Å². The first kappa shape index (κ1) is 26.7. The second kappa shape index (κ2) is 19.1. The van der Waals surface area contributed by atoms with Gasteiger partial charge in [-0.25, -0.2) is 0 Å². The van der Waals surface area contributed by atoms with Crippen LogP contribution in [0.4, 0.5) is 0 Å². The Hall–Kier alpha value is -0.280. The Labute approximate surface area is 169 Å². The first-order valence-electron chi connectivity index (χ1n) is 11.1. The number of rotatable bonds is 20. The maximum Gasteiger partial charge on any atom is 0.0110 e. The summed E-state index contributed by atoms with van der Waals surface area (Å²) in [6.45, 7) is 24.3. The van der Waals surface area contributed by atoms with E-state index in [1.165, 1.54) is 6.54 Å². The van der Waals surface area contributed by atoms with Crippen molar-refractivity contribution >= 4 is 0 Å². The number of nitrogens with one attached hydrogen (secondary N) is 2. The molecule has 7 nitrogen and oxygen atoms in total. The maximum atomic E-state index is 5.71. The highest BCUT2D eigenvalue weighted by Crippen LogP contribution is 1.97. The number of likely N-dealkylation sites (N-methyl/N-ethyl adjacent to an activating group) is 2. The Morgan fingerprint density at radius 1 is 0.630 bits per heavy atom. The van der Waals surface area contributed by atoms with Crippen LogP contribution in [-0.4, -0.2) is 113 Å². The van der Waals surface area contributed by atoms with E-state index < -0.39 is 0 Å². The van der Waals surface area contributed by atoms with E-state index in [-0.39, 0.29) is 0 Å². The minimum atomic E-state index is 0.700. The first-order valence-corrected chi connectivity index (χ1v) is 11.1. The van der Waals surface area contributed by atoms with Gasteiger partial charge in [0.2, 0.25) is 0 Å². The smallest absolute Gasteiger partial charge is 0.0110 e. The summed E-state index contributed by atoms with van der Waals surface area (Å²) in [4.78, 5) is 7.50. The van der Waals surface area contributed by atoms with Gasteiger partial charge in [0.15, 0.2) is 0 Å². The average molecular weight is 388 g/mol. The lowest BCUT2D eigenvalue weighted by molar-refractivity contribution is 0.209. The van der Waals surface area contributed by atoms with Crippen LogP contribution in [-0.2, 0) is 0 Å². The highest BCUT2D eigenvalue weighted by Gasteiger charge is 2.08. The van der Waals surface area contributed by atoms with Crippen molar-refractivity contribution in [1.29, 1.82) is 0 Å². The van der Waals surface area contributed by atoms with Crippen LogP contribution in [0.2, 0.25) is 0 Å². The number of hydrogen-bond acceptors (Lipinski definition) is 7. The van der Waals surface area contributed by atoms with Crippen molar-refractivity contribution in [3.8, 4) is 0 Å². The van der Waals surface area contributed by atoms with Crippen LogP contribution in [0.5, 0.6) is 0 Å². The van der Waals surface area contributed by atoms with Crippen LogP contribution >= 0.6 is 0 Å². The van der Waals surface area contributed by atoms with Crippen LogP contribution in [0.25, 0.3) is 0 Å². The van der Waals surface area contributed by atoms with Gasteiger partial charge in [-0.3, -0.25) is 4.90 Å². The molecule has 27 heavy (non-hydrogen) atoms. The van der Waals surface area contributed by atoms with Crippen molar-refractivity contribution in [3.63, 3.8) is 0 Å². The van der Waals surface area contributed by atoms with E-state index in [9.17, 15) is 0 Å². The van der Waals surface area contributed by atoms with Crippen molar-refractivity contribution < 1.29 is 0 Å². The van der Waals surface area contributed by atoms with Crippen molar-refractivity contribution in [2.24, 2.45) is 17.4 Å². The van der Waals surface area contributed by atoms with E-state index >= 15 is 0 Å². The zero-order chi connectivity index (χ0) is 20.3. The van der Waals surface area contributed by atoms with Crippen LogP contribution in [0.3, 0.4) is 0 Å². The van der Waals surface area contributed by atoms with Gasteiger partial charge in [-0.2, -0.15) is 0 Å². The lowest BCUT2D eigenvalue weighted by Crippen LogP contribution is -2.43. The molecule has 0 aliphatic rings. The van der Waals surface area contributed by atoms with Gasteiger partial charge in [-0.1, -0.05) is 27.7 Å². The minimum absolute atomic E-state index is 0.700. The highest BCUT2D eigenvalue weighted by atomic mass is 15.2. The third kappa shape index (κ3) is 16.4. The van der Waals surface area contributed by atoms with Gasteiger partial charge in [0, 0.05) is 85.1 Å². The Bertz CT molecular complexity index is 302. The molecule has 7 heteroatoms. The summed E-state index contributed by atoms with van der Waals surface area (Å²) in [6, 6.07) is 0. The number of nitrogens with zero attached hydrogens (tertiary/aromatic N) is 3. The van der Waals surface area contributed by atoms with Gasteiger partial charge >= 0.3 is 0 Å². The summed E-state index contributed by atoms with van der Waals surface area (Å²) >= 11 is 0. The molecule has 0 bridgehead atoms. The molecule has 0 unspecified atom stereocenters. The largest absolute Gasteiger partial charge is 0.329 e. The molecule has 0 saturated heterocycles. The standard InChI is InChI=1S/C20H49N7/c1-5-25(13-8-22)17-18-27(15-11-23-9-7-21)16-12-24-10-14-26(6-2)19-20(3)4/h20,23-24H,5-19,21-22H2,1-4H3. The second-order valence-electron chi connectivity index (χ2n) is 7.64. The molecule has 0 saturated carbocycles. The van der Waals surface area contributed by atoms with E-state index in [4.69, 9.17) is 11.5 Å². The van der Waals surface area contributed by atoms with Crippen molar-refractivity contribution in [2.75, 3.05) is 98.2 Å². The molecule has 164 valence electrons. The average Bonchev–Trinajstić information content (AvgIpc) is 2.65. The molecule has 6 N–H and O–H groups in total.